The van der Waals surface area contributed by atoms with Crippen LogP contribution in [-0.4, -0.2) is 33.7 Å². The zero-order chi connectivity index (χ0) is 24.3. The van der Waals surface area contributed by atoms with Crippen LogP contribution in [0.15, 0.2) is 59.7 Å². The van der Waals surface area contributed by atoms with E-state index < -0.39 is 11.9 Å². The van der Waals surface area contributed by atoms with Gasteiger partial charge in [-0.1, -0.05) is 59.7 Å². The number of carbonyl (C=O) groups excluding carboxylic acids is 2. The van der Waals surface area contributed by atoms with Gasteiger partial charge < -0.3 is 10.2 Å². The summed E-state index contributed by atoms with van der Waals surface area (Å²) in [6, 6.07) is 15.1. The summed E-state index contributed by atoms with van der Waals surface area (Å²) in [5, 5.41) is 17.3. The Bertz CT molecular complexity index is 939. The molecule has 0 fully saturated rings. The molecule has 32 heavy (non-hydrogen) atoms. The molecule has 0 heterocycles. The standard InChI is InChI=1S/2C13H14O3/c2*1-9-3-5-11(6-4-9)7-12(10(2)14)8-13(15)16/h2*3-7H,8H2,1-2H3,(H,15,16)/b2*12-7+. The van der Waals surface area contributed by atoms with E-state index in [0.29, 0.717) is 11.1 Å². The van der Waals surface area contributed by atoms with Gasteiger partial charge in [0.05, 0.1) is 12.8 Å². The number of aliphatic carboxylic acids is 2. The summed E-state index contributed by atoms with van der Waals surface area (Å²) in [6.07, 6.45) is 2.78. The Balaban J connectivity index is 0.000000320. The van der Waals surface area contributed by atoms with Crippen LogP contribution in [0.2, 0.25) is 0 Å². The van der Waals surface area contributed by atoms with Gasteiger partial charge in [0, 0.05) is 11.1 Å². The van der Waals surface area contributed by atoms with Crippen LogP contribution in [0.1, 0.15) is 48.9 Å². The number of carboxylic acids is 2. The largest absolute Gasteiger partial charge is 0.481 e. The molecule has 168 valence electrons. The zero-order valence-corrected chi connectivity index (χ0v) is 18.7. The second-order valence-corrected chi connectivity index (χ2v) is 7.41. The lowest BCUT2D eigenvalue weighted by atomic mass is 10.0. The van der Waals surface area contributed by atoms with E-state index in [2.05, 4.69) is 0 Å². The fraction of sp³-hybridized carbons (Fsp3) is 0.231. The van der Waals surface area contributed by atoms with Crippen molar-refractivity contribution in [1.29, 1.82) is 0 Å². The van der Waals surface area contributed by atoms with E-state index in [1.807, 2.05) is 62.4 Å². The lowest BCUT2D eigenvalue weighted by Gasteiger charge is -2.01. The third kappa shape index (κ3) is 10.3. The number of aryl methyl sites for hydroxylation is 2. The van der Waals surface area contributed by atoms with Gasteiger partial charge in [0.1, 0.15) is 0 Å². The van der Waals surface area contributed by atoms with Crippen LogP contribution < -0.4 is 0 Å². The number of Topliss-reactive ketones (excluding diaryl/α,β-unsaturated/α-hetero) is 2. The number of benzene rings is 2. The molecule has 6 heteroatoms. The summed E-state index contributed by atoms with van der Waals surface area (Å²) in [5.41, 5.74) is 4.57. The van der Waals surface area contributed by atoms with E-state index >= 15 is 0 Å². The van der Waals surface area contributed by atoms with Crippen molar-refractivity contribution in [2.24, 2.45) is 0 Å². The van der Waals surface area contributed by atoms with Crippen molar-refractivity contribution in [3.63, 3.8) is 0 Å². The molecule has 6 nitrogen and oxygen atoms in total. The molecule has 0 amide bonds. The highest BCUT2D eigenvalue weighted by Gasteiger charge is 2.09. The molecule has 0 aromatic heterocycles. The molecule has 0 spiro atoms. The fourth-order valence-corrected chi connectivity index (χ4v) is 2.61. The number of carboxylic acid groups (broad SMARTS) is 2. The topological polar surface area (TPSA) is 109 Å². The molecule has 0 aliphatic heterocycles. The van der Waals surface area contributed by atoms with Crippen molar-refractivity contribution in [2.75, 3.05) is 0 Å². The van der Waals surface area contributed by atoms with Gasteiger partial charge in [0.15, 0.2) is 11.6 Å². The molecule has 0 radical (unpaired) electrons. The third-order valence-corrected chi connectivity index (χ3v) is 4.42. The molecule has 0 saturated carbocycles. The summed E-state index contributed by atoms with van der Waals surface area (Å²) in [4.78, 5) is 43.6. The van der Waals surface area contributed by atoms with Crippen LogP contribution in [0.3, 0.4) is 0 Å². The first kappa shape index (κ1) is 26.2. The van der Waals surface area contributed by atoms with E-state index in [-0.39, 0.29) is 24.4 Å². The van der Waals surface area contributed by atoms with Crippen molar-refractivity contribution in [3.05, 3.63) is 81.9 Å². The Morgan fingerprint density at radius 3 is 1.12 bits per heavy atom. The first-order valence-corrected chi connectivity index (χ1v) is 9.98. The summed E-state index contributed by atoms with van der Waals surface area (Å²) in [5.74, 6) is -2.40. The van der Waals surface area contributed by atoms with Gasteiger partial charge in [-0.15, -0.1) is 0 Å². The monoisotopic (exact) mass is 436 g/mol. The Kier molecular flexibility index (Phi) is 10.5. The molecule has 2 aromatic rings. The predicted octanol–water partition coefficient (Wildman–Crippen LogP) is 4.88. The molecule has 0 aliphatic rings. The lowest BCUT2D eigenvalue weighted by molar-refractivity contribution is -0.137. The van der Waals surface area contributed by atoms with Crippen LogP contribution in [0.5, 0.6) is 0 Å². The molecule has 0 unspecified atom stereocenters. The highest BCUT2D eigenvalue weighted by atomic mass is 16.4. The minimum atomic E-state index is -0.992. The average Bonchev–Trinajstić information content (AvgIpc) is 2.70. The van der Waals surface area contributed by atoms with Gasteiger partial charge in [0.2, 0.25) is 0 Å². The molecule has 2 rings (SSSR count). The van der Waals surface area contributed by atoms with Crippen molar-refractivity contribution in [3.8, 4) is 0 Å². The molecular formula is C26H28O6. The third-order valence-electron chi connectivity index (χ3n) is 4.42. The summed E-state index contributed by atoms with van der Waals surface area (Å²) < 4.78 is 0. The van der Waals surface area contributed by atoms with Crippen LogP contribution in [0.4, 0.5) is 0 Å². The van der Waals surface area contributed by atoms with Crippen LogP contribution in [0, 0.1) is 13.8 Å². The Morgan fingerprint density at radius 2 is 0.906 bits per heavy atom. The number of hydrogen-bond acceptors (Lipinski definition) is 4. The van der Waals surface area contributed by atoms with Crippen LogP contribution in [-0.2, 0) is 19.2 Å². The molecule has 2 N–H and O–H groups in total. The highest BCUT2D eigenvalue weighted by Crippen LogP contribution is 2.13. The van der Waals surface area contributed by atoms with Crippen molar-refractivity contribution < 1.29 is 29.4 Å². The Morgan fingerprint density at radius 1 is 0.625 bits per heavy atom. The number of ketones is 2. The SMILES string of the molecule is CC(=O)/C(=C/c1ccc(C)cc1)CC(=O)O.CC(=O)/C(=C/c1ccc(C)cc1)CC(=O)O. The van der Waals surface area contributed by atoms with Gasteiger partial charge >= 0.3 is 11.9 Å². The maximum absolute atomic E-state index is 11.2. The zero-order valence-electron chi connectivity index (χ0n) is 18.7. The molecule has 0 bridgehead atoms. The van der Waals surface area contributed by atoms with Gasteiger partial charge in [0.25, 0.3) is 0 Å². The van der Waals surface area contributed by atoms with E-state index in [1.165, 1.54) is 13.8 Å². The number of rotatable bonds is 8. The van der Waals surface area contributed by atoms with Crippen molar-refractivity contribution in [1.82, 2.24) is 0 Å². The van der Waals surface area contributed by atoms with Crippen LogP contribution >= 0.6 is 0 Å². The van der Waals surface area contributed by atoms with Gasteiger partial charge in [-0.05, 0) is 51.0 Å². The fourth-order valence-electron chi connectivity index (χ4n) is 2.61. The molecule has 0 saturated heterocycles. The summed E-state index contributed by atoms with van der Waals surface area (Å²) >= 11 is 0. The summed E-state index contributed by atoms with van der Waals surface area (Å²) in [6.45, 7) is 6.69. The highest BCUT2D eigenvalue weighted by molar-refractivity contribution is 6.01. The van der Waals surface area contributed by atoms with E-state index in [0.717, 1.165) is 22.3 Å². The van der Waals surface area contributed by atoms with Gasteiger partial charge in [-0.2, -0.15) is 0 Å². The van der Waals surface area contributed by atoms with Crippen molar-refractivity contribution in [2.45, 2.75) is 40.5 Å². The maximum Gasteiger partial charge on any atom is 0.307 e. The molecular weight excluding hydrogens is 408 g/mol. The quantitative estimate of drug-likeness (QED) is 0.571. The van der Waals surface area contributed by atoms with Crippen molar-refractivity contribution >= 4 is 35.7 Å². The average molecular weight is 437 g/mol. The predicted molar refractivity (Wildman–Crippen MR) is 124 cm³/mol. The second-order valence-electron chi connectivity index (χ2n) is 7.41. The molecule has 0 aliphatic carbocycles. The van der Waals surface area contributed by atoms with Crippen LogP contribution in [0.25, 0.3) is 12.2 Å². The minimum Gasteiger partial charge on any atom is -0.481 e. The first-order valence-electron chi connectivity index (χ1n) is 9.98. The Labute approximate surface area is 187 Å². The van der Waals surface area contributed by atoms with E-state index in [4.69, 9.17) is 10.2 Å². The normalized spacial score (nSPS) is 11.2. The molecule has 0 atom stereocenters. The first-order chi connectivity index (χ1) is 15.0. The number of carbonyl (C=O) groups is 4. The van der Waals surface area contributed by atoms with E-state index in [9.17, 15) is 19.2 Å². The summed E-state index contributed by atoms with van der Waals surface area (Å²) in [7, 11) is 0. The second kappa shape index (κ2) is 12.8. The number of hydrogen-bond donors (Lipinski definition) is 2. The Hall–Kier alpha value is -3.80. The maximum atomic E-state index is 11.2. The molecule has 2 aromatic carbocycles. The van der Waals surface area contributed by atoms with Gasteiger partial charge in [-0.25, -0.2) is 0 Å². The van der Waals surface area contributed by atoms with E-state index in [1.54, 1.807) is 12.2 Å². The van der Waals surface area contributed by atoms with Gasteiger partial charge in [-0.3, -0.25) is 19.2 Å². The minimum absolute atomic E-state index is 0.206. The smallest absolute Gasteiger partial charge is 0.307 e. The lowest BCUT2D eigenvalue weighted by Crippen LogP contribution is -2.04.